The zero-order valence-corrected chi connectivity index (χ0v) is 16.3. The van der Waals surface area contributed by atoms with E-state index >= 15 is 0 Å². The van der Waals surface area contributed by atoms with E-state index in [0.717, 1.165) is 31.4 Å². The highest BCUT2D eigenvalue weighted by Crippen LogP contribution is 2.35. The first-order valence-corrected chi connectivity index (χ1v) is 9.28. The van der Waals surface area contributed by atoms with E-state index in [4.69, 9.17) is 44.3 Å². The van der Waals surface area contributed by atoms with Crippen LogP contribution < -0.4 is 4.74 Å². The summed E-state index contributed by atoms with van der Waals surface area (Å²) in [6, 6.07) is 2.79. The van der Waals surface area contributed by atoms with Crippen LogP contribution in [0.4, 0.5) is 0 Å². The van der Waals surface area contributed by atoms with Gasteiger partial charge >= 0.3 is 11.9 Å². The maximum absolute atomic E-state index is 11.7. The molecule has 7 heteroatoms. The lowest BCUT2D eigenvalue weighted by Crippen LogP contribution is -2.07. The second kappa shape index (κ2) is 12.2. The van der Waals surface area contributed by atoms with Crippen molar-refractivity contribution >= 4 is 46.7 Å². The molecule has 0 heterocycles. The molecule has 1 aromatic rings. The third-order valence-electron chi connectivity index (χ3n) is 3.27. The molecule has 0 radical (unpaired) electrons. The Morgan fingerprint density at radius 2 is 1.60 bits per heavy atom. The molecule has 0 N–H and O–H groups in total. The summed E-state index contributed by atoms with van der Waals surface area (Å²) in [7, 11) is 0. The fraction of sp³-hybridized carbons (Fsp3) is 0.444. The summed E-state index contributed by atoms with van der Waals surface area (Å²) >= 11 is 17.6. The Labute approximate surface area is 163 Å². The molecule has 1 rings (SSSR count). The Hall–Kier alpha value is -1.23. The second-order valence-electron chi connectivity index (χ2n) is 5.39. The average Bonchev–Trinajstić information content (AvgIpc) is 2.56. The van der Waals surface area contributed by atoms with Crippen LogP contribution in [0.15, 0.2) is 24.3 Å². The maximum Gasteiger partial charge on any atom is 0.336 e. The fourth-order valence-corrected chi connectivity index (χ4v) is 2.61. The molecular weight excluding hydrogens is 387 g/mol. The zero-order chi connectivity index (χ0) is 18.7. The molecule has 0 aliphatic rings. The second-order valence-corrected chi connectivity index (χ2v) is 6.61. The topological polar surface area (TPSA) is 52.6 Å². The predicted octanol–water partition coefficient (Wildman–Crippen LogP) is 6.01. The number of esters is 2. The summed E-state index contributed by atoms with van der Waals surface area (Å²) in [6.45, 7) is 2.49. The van der Waals surface area contributed by atoms with E-state index in [1.807, 2.05) is 0 Å². The number of benzene rings is 1. The highest BCUT2D eigenvalue weighted by atomic mass is 35.5. The minimum Gasteiger partial charge on any atom is -0.463 e. The van der Waals surface area contributed by atoms with Crippen molar-refractivity contribution in [3.63, 3.8) is 0 Å². The Morgan fingerprint density at radius 1 is 0.960 bits per heavy atom. The molecule has 0 amide bonds. The number of unbranched alkanes of at least 4 members (excludes halogenated alkanes) is 5. The molecule has 0 saturated carbocycles. The molecule has 138 valence electrons. The standard InChI is InChI=1S/C18H21Cl3O4/c1-2-3-4-5-6-7-10-24-16(22)8-9-17(23)25-15-12-13(19)11-14(20)18(15)21/h8-9,11-12H,2-7,10H2,1H3/b9-8+. The Bertz CT molecular complexity index is 615. The molecule has 0 aromatic heterocycles. The number of halogens is 3. The van der Waals surface area contributed by atoms with Gasteiger partial charge in [-0.05, 0) is 12.5 Å². The smallest absolute Gasteiger partial charge is 0.336 e. The van der Waals surface area contributed by atoms with Gasteiger partial charge in [0, 0.05) is 23.2 Å². The van der Waals surface area contributed by atoms with Crippen LogP contribution in [0.25, 0.3) is 0 Å². The fourth-order valence-electron chi connectivity index (χ4n) is 1.99. The lowest BCUT2D eigenvalue weighted by molar-refractivity contribution is -0.138. The Kier molecular flexibility index (Phi) is 10.6. The van der Waals surface area contributed by atoms with Crippen molar-refractivity contribution in [2.45, 2.75) is 45.4 Å². The van der Waals surface area contributed by atoms with Crippen molar-refractivity contribution < 1.29 is 19.1 Å². The summed E-state index contributed by atoms with van der Waals surface area (Å²) in [5.41, 5.74) is 0. The van der Waals surface area contributed by atoms with Crippen LogP contribution in [-0.4, -0.2) is 18.5 Å². The number of carbonyl (C=O) groups excluding carboxylic acids is 2. The van der Waals surface area contributed by atoms with Crippen molar-refractivity contribution in [3.8, 4) is 5.75 Å². The van der Waals surface area contributed by atoms with E-state index in [9.17, 15) is 9.59 Å². The monoisotopic (exact) mass is 406 g/mol. The minimum absolute atomic E-state index is 0.0225. The molecule has 4 nitrogen and oxygen atoms in total. The van der Waals surface area contributed by atoms with Gasteiger partial charge in [-0.1, -0.05) is 73.8 Å². The van der Waals surface area contributed by atoms with Crippen LogP contribution in [0, 0.1) is 0 Å². The number of hydrogen-bond acceptors (Lipinski definition) is 4. The van der Waals surface area contributed by atoms with E-state index in [0.29, 0.717) is 6.61 Å². The van der Waals surface area contributed by atoms with Gasteiger partial charge in [-0.25, -0.2) is 9.59 Å². The van der Waals surface area contributed by atoms with Gasteiger partial charge in [0.15, 0.2) is 5.75 Å². The van der Waals surface area contributed by atoms with Crippen molar-refractivity contribution in [2.24, 2.45) is 0 Å². The Morgan fingerprint density at radius 3 is 2.32 bits per heavy atom. The highest BCUT2D eigenvalue weighted by Gasteiger charge is 2.11. The third-order valence-corrected chi connectivity index (χ3v) is 4.27. The highest BCUT2D eigenvalue weighted by molar-refractivity contribution is 6.44. The molecule has 0 fully saturated rings. The predicted molar refractivity (Wildman–Crippen MR) is 101 cm³/mol. The summed E-state index contributed by atoms with van der Waals surface area (Å²) < 4.78 is 10.0. The van der Waals surface area contributed by atoms with Crippen LogP contribution in [0.3, 0.4) is 0 Å². The SMILES string of the molecule is CCCCCCCCOC(=O)/C=C/C(=O)Oc1cc(Cl)cc(Cl)c1Cl. The lowest BCUT2D eigenvalue weighted by Gasteiger charge is -2.06. The van der Waals surface area contributed by atoms with Crippen LogP contribution >= 0.6 is 34.8 Å². The van der Waals surface area contributed by atoms with E-state index in [-0.39, 0.29) is 20.8 Å². The summed E-state index contributed by atoms with van der Waals surface area (Å²) in [5.74, 6) is -1.35. The van der Waals surface area contributed by atoms with E-state index in [1.165, 1.54) is 31.4 Å². The summed E-state index contributed by atoms with van der Waals surface area (Å²) in [4.78, 5) is 23.2. The molecule has 0 unspecified atom stereocenters. The van der Waals surface area contributed by atoms with E-state index in [1.54, 1.807) is 0 Å². The van der Waals surface area contributed by atoms with Gasteiger partial charge in [0.2, 0.25) is 0 Å². The molecule has 25 heavy (non-hydrogen) atoms. The van der Waals surface area contributed by atoms with Crippen LogP contribution in [0.5, 0.6) is 5.75 Å². The lowest BCUT2D eigenvalue weighted by atomic mass is 10.1. The largest absolute Gasteiger partial charge is 0.463 e. The molecule has 0 spiro atoms. The first kappa shape index (κ1) is 21.8. The molecular formula is C18H21Cl3O4. The van der Waals surface area contributed by atoms with Gasteiger partial charge < -0.3 is 9.47 Å². The van der Waals surface area contributed by atoms with Crippen molar-refractivity contribution in [1.82, 2.24) is 0 Å². The number of ether oxygens (including phenoxy) is 2. The molecule has 0 aliphatic carbocycles. The molecule has 0 aliphatic heterocycles. The zero-order valence-electron chi connectivity index (χ0n) is 14.0. The van der Waals surface area contributed by atoms with Gasteiger partial charge in [-0.3, -0.25) is 0 Å². The number of rotatable bonds is 10. The average molecular weight is 408 g/mol. The first-order valence-electron chi connectivity index (χ1n) is 8.15. The molecule has 1 aromatic carbocycles. The summed E-state index contributed by atoms with van der Waals surface area (Å²) in [5, 5.41) is 0.511. The normalized spacial score (nSPS) is 10.9. The molecule has 0 saturated heterocycles. The van der Waals surface area contributed by atoms with Gasteiger partial charge in [-0.2, -0.15) is 0 Å². The van der Waals surface area contributed by atoms with Gasteiger partial charge in [0.1, 0.15) is 5.02 Å². The van der Waals surface area contributed by atoms with Crippen molar-refractivity contribution in [1.29, 1.82) is 0 Å². The third kappa shape index (κ3) is 9.15. The van der Waals surface area contributed by atoms with Crippen molar-refractivity contribution in [2.75, 3.05) is 6.61 Å². The van der Waals surface area contributed by atoms with Crippen molar-refractivity contribution in [3.05, 3.63) is 39.4 Å². The van der Waals surface area contributed by atoms with Crippen LogP contribution in [0.1, 0.15) is 45.4 Å². The molecule has 0 atom stereocenters. The number of carbonyl (C=O) groups is 2. The summed E-state index contributed by atoms with van der Waals surface area (Å²) in [6.07, 6.45) is 8.57. The molecule has 0 bridgehead atoms. The quantitative estimate of drug-likeness (QED) is 0.157. The van der Waals surface area contributed by atoms with Gasteiger partial charge in [0.25, 0.3) is 0 Å². The van der Waals surface area contributed by atoms with Crippen LogP contribution in [0.2, 0.25) is 15.1 Å². The first-order chi connectivity index (χ1) is 11.9. The van der Waals surface area contributed by atoms with Gasteiger partial charge in [-0.15, -0.1) is 0 Å². The van der Waals surface area contributed by atoms with Gasteiger partial charge in [0.05, 0.1) is 11.6 Å². The van der Waals surface area contributed by atoms with E-state index < -0.39 is 11.9 Å². The maximum atomic E-state index is 11.7. The number of hydrogen-bond donors (Lipinski definition) is 0. The minimum atomic E-state index is -0.781. The van der Waals surface area contributed by atoms with E-state index in [2.05, 4.69) is 6.92 Å². The Balaban J connectivity index is 2.33. The van der Waals surface area contributed by atoms with Crippen LogP contribution in [-0.2, 0) is 14.3 Å².